The monoisotopic (exact) mass is 247 g/mol. The summed E-state index contributed by atoms with van der Waals surface area (Å²) in [5, 5.41) is 0. The van der Waals surface area contributed by atoms with Crippen LogP contribution in [0.5, 0.6) is 5.75 Å². The maximum Gasteiger partial charge on any atom is 0.123 e. The first-order valence-corrected chi connectivity index (χ1v) is 5.19. The van der Waals surface area contributed by atoms with Gasteiger partial charge in [0.15, 0.2) is 0 Å². The van der Waals surface area contributed by atoms with Crippen LogP contribution in [0.15, 0.2) is 18.2 Å². The lowest BCUT2D eigenvalue weighted by Crippen LogP contribution is -2.19. The molecule has 1 aromatic rings. The molecule has 1 rings (SSSR count). The van der Waals surface area contributed by atoms with Crippen molar-refractivity contribution in [2.45, 2.75) is 26.3 Å². The first-order valence-electron chi connectivity index (χ1n) is 5.19. The minimum Gasteiger partial charge on any atom is -0.496 e. The largest absolute Gasteiger partial charge is 0.496 e. The summed E-state index contributed by atoms with van der Waals surface area (Å²) in [5.41, 5.74) is 6.79. The Morgan fingerprint density at radius 2 is 2.06 bits per heavy atom. The average molecular weight is 248 g/mol. The van der Waals surface area contributed by atoms with E-state index >= 15 is 0 Å². The van der Waals surface area contributed by atoms with Crippen LogP contribution in [0.4, 0.5) is 4.39 Å². The summed E-state index contributed by atoms with van der Waals surface area (Å²) in [4.78, 5) is 0. The fourth-order valence-electron chi connectivity index (χ4n) is 1.53. The maximum atomic E-state index is 13.1. The zero-order chi connectivity index (χ0) is 11.4. The third-order valence-electron chi connectivity index (χ3n) is 2.81. The van der Waals surface area contributed by atoms with E-state index < -0.39 is 0 Å². The highest BCUT2D eigenvalue weighted by atomic mass is 35.5. The number of rotatable bonds is 4. The minimum atomic E-state index is -0.274. The molecule has 2 atom stereocenters. The van der Waals surface area contributed by atoms with Gasteiger partial charge in [0.25, 0.3) is 0 Å². The van der Waals surface area contributed by atoms with Crippen molar-refractivity contribution >= 4 is 12.4 Å². The molecule has 0 bridgehead atoms. The van der Waals surface area contributed by atoms with Crippen LogP contribution in [0.3, 0.4) is 0 Å². The molecule has 0 aliphatic carbocycles. The number of nitrogens with two attached hydrogens (primary N) is 1. The van der Waals surface area contributed by atoms with Gasteiger partial charge in [-0.3, -0.25) is 0 Å². The van der Waals surface area contributed by atoms with Gasteiger partial charge in [-0.25, -0.2) is 4.39 Å². The molecule has 2 nitrogen and oxygen atoms in total. The molecule has 0 heterocycles. The minimum absolute atomic E-state index is 0. The molecule has 2 N–H and O–H groups in total. The van der Waals surface area contributed by atoms with Crippen LogP contribution < -0.4 is 10.5 Å². The lowest BCUT2D eigenvalue weighted by Gasteiger charge is -2.20. The Bertz CT molecular complexity index is 333. The van der Waals surface area contributed by atoms with Crippen molar-refractivity contribution in [3.05, 3.63) is 29.6 Å². The van der Waals surface area contributed by atoms with Gasteiger partial charge in [-0.05, 0) is 24.1 Å². The molecular formula is C12H19ClFNO. The topological polar surface area (TPSA) is 35.2 Å². The Morgan fingerprint density at radius 3 is 2.56 bits per heavy atom. The predicted octanol–water partition coefficient (Wildman–Crippen LogP) is 3.30. The SMILES string of the molecule is CCC(C)[C@@H](N)c1cc(F)ccc1OC.Cl. The summed E-state index contributed by atoms with van der Waals surface area (Å²) in [6, 6.07) is 4.27. The summed E-state index contributed by atoms with van der Waals surface area (Å²) >= 11 is 0. The summed E-state index contributed by atoms with van der Waals surface area (Å²) in [6.07, 6.45) is 0.959. The average Bonchev–Trinajstić information content (AvgIpc) is 2.27. The molecule has 1 aromatic carbocycles. The summed E-state index contributed by atoms with van der Waals surface area (Å²) < 4.78 is 18.3. The van der Waals surface area contributed by atoms with E-state index in [0.29, 0.717) is 11.7 Å². The molecule has 0 aliphatic heterocycles. The standard InChI is InChI=1S/C12H18FNO.ClH/c1-4-8(2)12(14)10-7-9(13)5-6-11(10)15-3;/h5-8,12H,4,14H2,1-3H3;1H/t8?,12-;/m1./s1. The molecule has 0 spiro atoms. The number of hydrogen-bond acceptors (Lipinski definition) is 2. The quantitative estimate of drug-likeness (QED) is 0.886. The van der Waals surface area contributed by atoms with Gasteiger partial charge in [-0.1, -0.05) is 20.3 Å². The van der Waals surface area contributed by atoms with E-state index in [-0.39, 0.29) is 24.3 Å². The van der Waals surface area contributed by atoms with Gasteiger partial charge in [0.1, 0.15) is 11.6 Å². The summed E-state index contributed by atoms with van der Waals surface area (Å²) in [5.74, 6) is 0.689. The Hall–Kier alpha value is -0.800. The van der Waals surface area contributed by atoms with Crippen molar-refractivity contribution in [3.63, 3.8) is 0 Å². The molecule has 4 heteroatoms. The Morgan fingerprint density at radius 1 is 1.44 bits per heavy atom. The number of ether oxygens (including phenoxy) is 1. The van der Waals surface area contributed by atoms with Crippen molar-refractivity contribution < 1.29 is 9.13 Å². The zero-order valence-electron chi connectivity index (χ0n) is 9.87. The van der Waals surface area contributed by atoms with Crippen LogP contribution >= 0.6 is 12.4 Å². The van der Waals surface area contributed by atoms with Crippen molar-refractivity contribution in [2.24, 2.45) is 11.7 Å². The van der Waals surface area contributed by atoms with E-state index in [0.717, 1.165) is 12.0 Å². The first-order chi connectivity index (χ1) is 7.10. The van der Waals surface area contributed by atoms with E-state index in [1.165, 1.54) is 12.1 Å². The van der Waals surface area contributed by atoms with E-state index in [9.17, 15) is 4.39 Å². The third-order valence-corrected chi connectivity index (χ3v) is 2.81. The molecular weight excluding hydrogens is 229 g/mol. The number of benzene rings is 1. The van der Waals surface area contributed by atoms with Crippen molar-refractivity contribution in [1.82, 2.24) is 0 Å². The molecule has 0 amide bonds. The molecule has 1 unspecified atom stereocenters. The Kier molecular flexibility index (Phi) is 6.38. The summed E-state index contributed by atoms with van der Waals surface area (Å²) in [6.45, 7) is 4.12. The second-order valence-corrected chi connectivity index (χ2v) is 3.80. The van der Waals surface area contributed by atoms with Gasteiger partial charge in [0.05, 0.1) is 7.11 Å². The van der Waals surface area contributed by atoms with Gasteiger partial charge < -0.3 is 10.5 Å². The van der Waals surface area contributed by atoms with Gasteiger partial charge in [-0.2, -0.15) is 0 Å². The lowest BCUT2D eigenvalue weighted by molar-refractivity contribution is 0.386. The zero-order valence-corrected chi connectivity index (χ0v) is 10.7. The molecule has 0 saturated heterocycles. The van der Waals surface area contributed by atoms with E-state index in [2.05, 4.69) is 13.8 Å². The fraction of sp³-hybridized carbons (Fsp3) is 0.500. The second kappa shape index (κ2) is 6.71. The van der Waals surface area contributed by atoms with E-state index in [1.807, 2.05) is 0 Å². The first kappa shape index (κ1) is 15.2. The Labute approximate surface area is 102 Å². The number of halogens is 2. The van der Waals surface area contributed by atoms with Gasteiger partial charge in [-0.15, -0.1) is 12.4 Å². The van der Waals surface area contributed by atoms with Gasteiger partial charge in [0.2, 0.25) is 0 Å². The smallest absolute Gasteiger partial charge is 0.123 e. The molecule has 0 saturated carbocycles. The maximum absolute atomic E-state index is 13.1. The lowest BCUT2D eigenvalue weighted by atomic mass is 9.93. The molecule has 0 aliphatic rings. The second-order valence-electron chi connectivity index (χ2n) is 3.80. The summed E-state index contributed by atoms with van der Waals surface area (Å²) in [7, 11) is 1.57. The highest BCUT2D eigenvalue weighted by Gasteiger charge is 2.17. The normalized spacial score (nSPS) is 13.8. The van der Waals surface area contributed by atoms with E-state index in [4.69, 9.17) is 10.5 Å². The van der Waals surface area contributed by atoms with Crippen LogP contribution in [0, 0.1) is 11.7 Å². The predicted molar refractivity (Wildman–Crippen MR) is 66.6 cm³/mol. The van der Waals surface area contributed by atoms with Crippen molar-refractivity contribution in [3.8, 4) is 5.75 Å². The molecule has 16 heavy (non-hydrogen) atoms. The van der Waals surface area contributed by atoms with Crippen LogP contribution in [-0.2, 0) is 0 Å². The number of methoxy groups -OCH3 is 1. The molecule has 0 fully saturated rings. The van der Waals surface area contributed by atoms with Crippen LogP contribution in [0.2, 0.25) is 0 Å². The van der Waals surface area contributed by atoms with Crippen LogP contribution in [-0.4, -0.2) is 7.11 Å². The highest BCUT2D eigenvalue weighted by molar-refractivity contribution is 5.85. The van der Waals surface area contributed by atoms with E-state index in [1.54, 1.807) is 13.2 Å². The molecule has 92 valence electrons. The third kappa shape index (κ3) is 3.35. The van der Waals surface area contributed by atoms with Crippen LogP contribution in [0.1, 0.15) is 31.9 Å². The van der Waals surface area contributed by atoms with Gasteiger partial charge >= 0.3 is 0 Å². The van der Waals surface area contributed by atoms with Crippen molar-refractivity contribution in [2.75, 3.05) is 7.11 Å². The van der Waals surface area contributed by atoms with Crippen molar-refractivity contribution in [1.29, 1.82) is 0 Å². The number of hydrogen-bond donors (Lipinski definition) is 1. The molecule has 0 radical (unpaired) electrons. The highest BCUT2D eigenvalue weighted by Crippen LogP contribution is 2.30. The van der Waals surface area contributed by atoms with Crippen LogP contribution in [0.25, 0.3) is 0 Å². The fourth-order valence-corrected chi connectivity index (χ4v) is 1.53. The Balaban J connectivity index is 0.00000225. The van der Waals surface area contributed by atoms with Gasteiger partial charge in [0, 0.05) is 11.6 Å². The molecule has 0 aromatic heterocycles.